The molecule has 0 aliphatic carbocycles. The Bertz CT molecular complexity index is 345. The second kappa shape index (κ2) is 5.07. The third-order valence-electron chi connectivity index (χ3n) is 3.00. The molecule has 2 heterocycles. The second-order valence-corrected chi connectivity index (χ2v) is 4.25. The van der Waals surface area contributed by atoms with Crippen LogP contribution in [0.4, 0.5) is 0 Å². The van der Waals surface area contributed by atoms with Gasteiger partial charge in [0.2, 0.25) is 5.91 Å². The first-order valence-corrected chi connectivity index (χ1v) is 5.68. The van der Waals surface area contributed by atoms with Crippen LogP contribution in [0.25, 0.3) is 0 Å². The Balaban J connectivity index is 1.89. The third-order valence-corrected chi connectivity index (χ3v) is 3.00. The fourth-order valence-electron chi connectivity index (χ4n) is 1.94. The van der Waals surface area contributed by atoms with Crippen LogP contribution in [0.3, 0.4) is 0 Å². The first kappa shape index (κ1) is 11.1. The van der Waals surface area contributed by atoms with E-state index in [1.54, 1.807) is 12.4 Å². The Morgan fingerprint density at radius 2 is 2.00 bits per heavy atom. The molecule has 0 spiro atoms. The van der Waals surface area contributed by atoms with E-state index in [1.807, 2.05) is 17.0 Å². The zero-order chi connectivity index (χ0) is 11.4. The van der Waals surface area contributed by atoms with Crippen LogP contribution in [0.15, 0.2) is 24.5 Å². The van der Waals surface area contributed by atoms with E-state index in [0.717, 1.165) is 31.5 Å². The Kier molecular flexibility index (Phi) is 3.51. The summed E-state index contributed by atoms with van der Waals surface area (Å²) in [6.45, 7) is 1.59. The molecule has 2 N–H and O–H groups in total. The monoisotopic (exact) mass is 219 g/mol. The predicted molar refractivity (Wildman–Crippen MR) is 61.7 cm³/mol. The average molecular weight is 219 g/mol. The van der Waals surface area contributed by atoms with Gasteiger partial charge in [0.15, 0.2) is 0 Å². The van der Waals surface area contributed by atoms with E-state index in [-0.39, 0.29) is 11.9 Å². The summed E-state index contributed by atoms with van der Waals surface area (Å²) < 4.78 is 0. The molecule has 0 saturated carbocycles. The highest BCUT2D eigenvalue weighted by Gasteiger charge is 2.20. The van der Waals surface area contributed by atoms with Crippen molar-refractivity contribution < 1.29 is 4.79 Å². The maximum atomic E-state index is 11.9. The van der Waals surface area contributed by atoms with Crippen LogP contribution in [0, 0.1) is 0 Å². The number of carbonyl (C=O) groups excluding carboxylic acids is 1. The molecule has 1 fully saturated rings. The maximum absolute atomic E-state index is 11.9. The highest BCUT2D eigenvalue weighted by Crippen LogP contribution is 2.10. The number of rotatable bonds is 2. The van der Waals surface area contributed by atoms with Crippen molar-refractivity contribution in [3.05, 3.63) is 30.1 Å². The standard InChI is InChI=1S/C12H17N3O/c13-11-3-7-15(8-4-11)12(16)9-10-1-5-14-6-2-10/h1-2,5-6,11H,3-4,7-9,13H2. The molecule has 0 aromatic carbocycles. The van der Waals surface area contributed by atoms with E-state index >= 15 is 0 Å². The quantitative estimate of drug-likeness (QED) is 0.791. The number of pyridine rings is 1. The first-order valence-electron chi connectivity index (χ1n) is 5.68. The highest BCUT2D eigenvalue weighted by atomic mass is 16.2. The summed E-state index contributed by atoms with van der Waals surface area (Å²) in [5.74, 6) is 0.193. The summed E-state index contributed by atoms with van der Waals surface area (Å²) in [6.07, 6.45) is 5.74. The SMILES string of the molecule is NC1CCN(C(=O)Cc2ccncc2)CC1. The second-order valence-electron chi connectivity index (χ2n) is 4.25. The normalized spacial score (nSPS) is 17.4. The zero-order valence-electron chi connectivity index (χ0n) is 9.30. The molecular formula is C12H17N3O. The smallest absolute Gasteiger partial charge is 0.226 e. The molecule has 0 atom stereocenters. The van der Waals surface area contributed by atoms with Gasteiger partial charge < -0.3 is 10.6 Å². The van der Waals surface area contributed by atoms with Crippen LogP contribution in [-0.4, -0.2) is 34.9 Å². The molecule has 16 heavy (non-hydrogen) atoms. The first-order chi connectivity index (χ1) is 7.75. The molecule has 2 rings (SSSR count). The van der Waals surface area contributed by atoms with Crippen molar-refractivity contribution in [3.63, 3.8) is 0 Å². The molecule has 4 heteroatoms. The van der Waals surface area contributed by atoms with Gasteiger partial charge in [0.1, 0.15) is 0 Å². The van der Waals surface area contributed by atoms with Crippen LogP contribution in [0.2, 0.25) is 0 Å². The average Bonchev–Trinajstić information content (AvgIpc) is 2.31. The number of hydrogen-bond acceptors (Lipinski definition) is 3. The molecule has 4 nitrogen and oxygen atoms in total. The van der Waals surface area contributed by atoms with Crippen molar-refractivity contribution in [1.29, 1.82) is 0 Å². The fraction of sp³-hybridized carbons (Fsp3) is 0.500. The number of carbonyl (C=O) groups is 1. The summed E-state index contributed by atoms with van der Waals surface area (Å²) in [4.78, 5) is 17.8. The van der Waals surface area contributed by atoms with E-state index < -0.39 is 0 Å². The van der Waals surface area contributed by atoms with Crippen molar-refractivity contribution in [2.45, 2.75) is 25.3 Å². The topological polar surface area (TPSA) is 59.2 Å². The number of hydrogen-bond donors (Lipinski definition) is 1. The van der Waals surface area contributed by atoms with Crippen LogP contribution >= 0.6 is 0 Å². The minimum absolute atomic E-state index is 0.193. The highest BCUT2D eigenvalue weighted by molar-refractivity contribution is 5.78. The van der Waals surface area contributed by atoms with Gasteiger partial charge in [-0.15, -0.1) is 0 Å². The van der Waals surface area contributed by atoms with E-state index in [2.05, 4.69) is 4.98 Å². The van der Waals surface area contributed by atoms with Crippen molar-refractivity contribution in [2.24, 2.45) is 5.73 Å². The number of nitrogens with two attached hydrogens (primary N) is 1. The molecule has 0 radical (unpaired) electrons. The van der Waals surface area contributed by atoms with Crippen molar-refractivity contribution >= 4 is 5.91 Å². The lowest BCUT2D eigenvalue weighted by Crippen LogP contribution is -2.43. The molecule has 0 bridgehead atoms. The van der Waals surface area contributed by atoms with Gasteiger partial charge in [-0.3, -0.25) is 9.78 Å². The summed E-state index contributed by atoms with van der Waals surface area (Å²) in [6, 6.07) is 4.03. The van der Waals surface area contributed by atoms with Crippen LogP contribution in [0.5, 0.6) is 0 Å². The lowest BCUT2D eigenvalue weighted by atomic mass is 10.1. The number of piperidine rings is 1. The van der Waals surface area contributed by atoms with Gasteiger partial charge in [-0.1, -0.05) is 0 Å². The Morgan fingerprint density at radius 3 is 2.62 bits per heavy atom. The van der Waals surface area contributed by atoms with Crippen molar-refractivity contribution in [1.82, 2.24) is 9.88 Å². The van der Waals surface area contributed by atoms with Gasteiger partial charge in [0.05, 0.1) is 6.42 Å². The molecular weight excluding hydrogens is 202 g/mol. The van der Waals surface area contributed by atoms with E-state index in [9.17, 15) is 4.79 Å². The Morgan fingerprint density at radius 1 is 1.38 bits per heavy atom. The number of likely N-dealkylation sites (tertiary alicyclic amines) is 1. The Labute approximate surface area is 95.5 Å². The van der Waals surface area contributed by atoms with E-state index in [4.69, 9.17) is 5.73 Å². The molecule has 1 aromatic heterocycles. The largest absolute Gasteiger partial charge is 0.342 e. The van der Waals surface area contributed by atoms with Crippen molar-refractivity contribution in [2.75, 3.05) is 13.1 Å². The molecule has 1 aliphatic heterocycles. The summed E-state index contributed by atoms with van der Waals surface area (Å²) in [7, 11) is 0. The molecule has 1 saturated heterocycles. The molecule has 1 amide bonds. The summed E-state index contributed by atoms with van der Waals surface area (Å²) >= 11 is 0. The fourth-order valence-corrected chi connectivity index (χ4v) is 1.94. The minimum Gasteiger partial charge on any atom is -0.342 e. The van der Waals surface area contributed by atoms with E-state index in [0.29, 0.717) is 6.42 Å². The van der Waals surface area contributed by atoms with Gasteiger partial charge in [0, 0.05) is 31.5 Å². The van der Waals surface area contributed by atoms with E-state index in [1.165, 1.54) is 0 Å². The van der Waals surface area contributed by atoms with Gasteiger partial charge >= 0.3 is 0 Å². The van der Waals surface area contributed by atoms with Gasteiger partial charge in [-0.2, -0.15) is 0 Å². The van der Waals surface area contributed by atoms with Crippen LogP contribution in [0.1, 0.15) is 18.4 Å². The predicted octanol–water partition coefficient (Wildman–Crippen LogP) is 0.574. The number of aromatic nitrogens is 1. The third kappa shape index (κ3) is 2.79. The van der Waals surface area contributed by atoms with Crippen LogP contribution < -0.4 is 5.73 Å². The summed E-state index contributed by atoms with van der Waals surface area (Å²) in [5, 5.41) is 0. The zero-order valence-corrected chi connectivity index (χ0v) is 9.30. The minimum atomic E-state index is 0.193. The van der Waals surface area contributed by atoms with Crippen molar-refractivity contribution in [3.8, 4) is 0 Å². The molecule has 0 unspecified atom stereocenters. The number of nitrogens with zero attached hydrogens (tertiary/aromatic N) is 2. The van der Waals surface area contributed by atoms with Gasteiger partial charge in [-0.05, 0) is 30.5 Å². The maximum Gasteiger partial charge on any atom is 0.226 e. The van der Waals surface area contributed by atoms with Crippen LogP contribution in [-0.2, 0) is 11.2 Å². The Hall–Kier alpha value is -1.42. The molecule has 1 aromatic rings. The summed E-state index contributed by atoms with van der Waals surface area (Å²) in [5.41, 5.74) is 6.83. The lowest BCUT2D eigenvalue weighted by Gasteiger charge is -2.30. The van der Waals surface area contributed by atoms with Gasteiger partial charge in [0.25, 0.3) is 0 Å². The lowest BCUT2D eigenvalue weighted by molar-refractivity contribution is -0.131. The number of amides is 1. The molecule has 1 aliphatic rings. The molecule has 86 valence electrons. The van der Waals surface area contributed by atoms with Gasteiger partial charge in [-0.25, -0.2) is 0 Å².